The van der Waals surface area contributed by atoms with E-state index in [0.29, 0.717) is 24.2 Å². The summed E-state index contributed by atoms with van der Waals surface area (Å²) in [6, 6.07) is 6.13. The van der Waals surface area contributed by atoms with Crippen molar-refractivity contribution in [2.75, 3.05) is 7.11 Å². The van der Waals surface area contributed by atoms with Crippen molar-refractivity contribution >= 4 is 5.78 Å². The molecule has 0 bridgehead atoms. The van der Waals surface area contributed by atoms with E-state index in [1.54, 1.807) is 7.11 Å². The van der Waals surface area contributed by atoms with E-state index in [9.17, 15) is 4.79 Å². The van der Waals surface area contributed by atoms with Crippen LogP contribution in [0, 0.1) is 0 Å². The molecule has 0 amide bonds. The van der Waals surface area contributed by atoms with E-state index in [4.69, 9.17) is 9.47 Å². The van der Waals surface area contributed by atoms with Gasteiger partial charge in [0.05, 0.1) is 13.2 Å². The van der Waals surface area contributed by atoms with Gasteiger partial charge in [-0.1, -0.05) is 6.07 Å². The zero-order chi connectivity index (χ0) is 13.9. The Morgan fingerprint density at radius 3 is 2.55 bits per heavy atom. The molecular weight excluding hydrogens is 252 g/mol. The number of hydrogen-bond acceptors (Lipinski definition) is 3. The molecule has 2 saturated carbocycles. The van der Waals surface area contributed by atoms with Crippen molar-refractivity contribution in [1.29, 1.82) is 0 Å². The van der Waals surface area contributed by atoms with Crippen molar-refractivity contribution in [3.8, 4) is 11.5 Å². The molecule has 1 aromatic rings. The van der Waals surface area contributed by atoms with Gasteiger partial charge >= 0.3 is 0 Å². The Morgan fingerprint density at radius 2 is 1.90 bits per heavy atom. The molecule has 0 aromatic heterocycles. The van der Waals surface area contributed by atoms with Gasteiger partial charge in [-0.2, -0.15) is 0 Å². The smallest absolute Gasteiger partial charge is 0.161 e. The fourth-order valence-corrected chi connectivity index (χ4v) is 3.32. The third kappa shape index (κ3) is 2.82. The average molecular weight is 274 g/mol. The molecule has 0 N–H and O–H groups in total. The Kier molecular flexibility index (Phi) is 3.95. The lowest BCUT2D eigenvalue weighted by Gasteiger charge is -2.18. The van der Waals surface area contributed by atoms with Crippen LogP contribution in [-0.4, -0.2) is 19.0 Å². The Hall–Kier alpha value is -1.51. The molecule has 2 fully saturated rings. The zero-order valence-corrected chi connectivity index (χ0v) is 12.1. The molecule has 1 aromatic carbocycles. The highest BCUT2D eigenvalue weighted by atomic mass is 16.5. The first kappa shape index (κ1) is 13.5. The predicted octanol–water partition coefficient (Wildman–Crippen LogP) is 3.85. The second-order valence-corrected chi connectivity index (χ2v) is 5.91. The molecule has 3 rings (SSSR count). The fourth-order valence-electron chi connectivity index (χ4n) is 3.32. The van der Waals surface area contributed by atoms with Crippen LogP contribution in [0.4, 0.5) is 0 Å². The summed E-state index contributed by atoms with van der Waals surface area (Å²) in [6.07, 6.45) is 7.46. The van der Waals surface area contributed by atoms with E-state index in [2.05, 4.69) is 12.1 Å². The van der Waals surface area contributed by atoms with E-state index < -0.39 is 0 Å². The maximum atomic E-state index is 11.5. The minimum absolute atomic E-state index is 0.323. The van der Waals surface area contributed by atoms with Crippen molar-refractivity contribution in [3.63, 3.8) is 0 Å². The van der Waals surface area contributed by atoms with Crippen LogP contribution in [0.2, 0.25) is 0 Å². The van der Waals surface area contributed by atoms with E-state index in [1.807, 2.05) is 6.07 Å². The van der Waals surface area contributed by atoms with Crippen LogP contribution in [0.1, 0.15) is 56.4 Å². The third-order valence-corrected chi connectivity index (χ3v) is 4.50. The Bertz CT molecular complexity index is 489. The van der Waals surface area contributed by atoms with Crippen molar-refractivity contribution < 1.29 is 14.3 Å². The lowest BCUT2D eigenvalue weighted by atomic mass is 9.97. The highest BCUT2D eigenvalue weighted by Gasteiger charge is 2.25. The second-order valence-electron chi connectivity index (χ2n) is 5.91. The van der Waals surface area contributed by atoms with Crippen LogP contribution < -0.4 is 9.47 Å². The Labute approximate surface area is 120 Å². The molecule has 0 unspecified atom stereocenters. The summed E-state index contributed by atoms with van der Waals surface area (Å²) in [5.41, 5.74) is 1.21. The van der Waals surface area contributed by atoms with E-state index >= 15 is 0 Å². The number of hydrogen-bond donors (Lipinski definition) is 0. The van der Waals surface area contributed by atoms with E-state index in [0.717, 1.165) is 37.2 Å². The number of Topliss-reactive ketones (excluding diaryl/α,β-unsaturated/α-hetero) is 1. The van der Waals surface area contributed by atoms with Crippen LogP contribution in [0.3, 0.4) is 0 Å². The summed E-state index contributed by atoms with van der Waals surface area (Å²) in [4.78, 5) is 11.5. The summed E-state index contributed by atoms with van der Waals surface area (Å²) in [6.45, 7) is 0. The van der Waals surface area contributed by atoms with Gasteiger partial charge in [0.15, 0.2) is 11.5 Å². The van der Waals surface area contributed by atoms with Crippen LogP contribution in [0.15, 0.2) is 18.2 Å². The molecule has 0 spiro atoms. The van der Waals surface area contributed by atoms with Gasteiger partial charge in [0.2, 0.25) is 0 Å². The number of carbonyl (C=O) groups is 1. The monoisotopic (exact) mass is 274 g/mol. The molecule has 0 saturated heterocycles. The largest absolute Gasteiger partial charge is 0.493 e. The molecule has 108 valence electrons. The molecule has 2 aliphatic rings. The van der Waals surface area contributed by atoms with Crippen LogP contribution in [0.25, 0.3) is 0 Å². The van der Waals surface area contributed by atoms with Gasteiger partial charge in [-0.15, -0.1) is 0 Å². The first-order chi connectivity index (χ1) is 9.76. The van der Waals surface area contributed by atoms with Crippen LogP contribution >= 0.6 is 0 Å². The maximum Gasteiger partial charge on any atom is 0.161 e. The number of methoxy groups -OCH3 is 1. The topological polar surface area (TPSA) is 35.5 Å². The lowest BCUT2D eigenvalue weighted by molar-refractivity contribution is -0.117. The standard InChI is InChI=1S/C17H22O3/c1-19-16-9-7-13(12-6-8-14(18)10-12)11-17(16)20-15-4-2-3-5-15/h7,9,11-12,15H,2-6,8,10H2,1H3/t12-/m0/s1. The molecule has 1 atom stereocenters. The molecule has 2 aliphatic carbocycles. The summed E-state index contributed by atoms with van der Waals surface area (Å²) in [5.74, 6) is 2.38. The number of benzene rings is 1. The van der Waals surface area contributed by atoms with E-state index in [1.165, 1.54) is 18.4 Å². The van der Waals surface area contributed by atoms with Crippen molar-refractivity contribution in [2.24, 2.45) is 0 Å². The molecule has 0 heterocycles. The van der Waals surface area contributed by atoms with Gasteiger partial charge in [-0.25, -0.2) is 0 Å². The van der Waals surface area contributed by atoms with Gasteiger partial charge in [-0.3, -0.25) is 4.79 Å². The minimum atomic E-state index is 0.323. The normalized spacial score (nSPS) is 23.2. The summed E-state index contributed by atoms with van der Waals surface area (Å²) in [7, 11) is 1.68. The molecule has 0 radical (unpaired) electrons. The highest BCUT2D eigenvalue weighted by molar-refractivity contribution is 5.81. The second kappa shape index (κ2) is 5.86. The maximum absolute atomic E-state index is 11.5. The first-order valence-electron chi connectivity index (χ1n) is 7.62. The quantitative estimate of drug-likeness (QED) is 0.836. The average Bonchev–Trinajstić information content (AvgIpc) is 3.10. The van der Waals surface area contributed by atoms with Gasteiger partial charge in [-0.05, 0) is 55.7 Å². The Morgan fingerprint density at radius 1 is 1.10 bits per heavy atom. The van der Waals surface area contributed by atoms with Gasteiger partial charge in [0.1, 0.15) is 5.78 Å². The molecule has 3 heteroatoms. The van der Waals surface area contributed by atoms with Gasteiger partial charge < -0.3 is 9.47 Å². The van der Waals surface area contributed by atoms with Gasteiger partial charge in [0, 0.05) is 12.8 Å². The SMILES string of the molecule is COc1ccc([C@H]2CCC(=O)C2)cc1OC1CCCC1. The lowest BCUT2D eigenvalue weighted by Crippen LogP contribution is -2.12. The fraction of sp³-hybridized carbons (Fsp3) is 0.588. The highest BCUT2D eigenvalue weighted by Crippen LogP contribution is 2.38. The van der Waals surface area contributed by atoms with Crippen LogP contribution in [0.5, 0.6) is 11.5 Å². The molecule has 3 nitrogen and oxygen atoms in total. The third-order valence-electron chi connectivity index (χ3n) is 4.50. The molecule has 0 aliphatic heterocycles. The number of carbonyl (C=O) groups excluding carboxylic acids is 1. The summed E-state index contributed by atoms with van der Waals surface area (Å²) in [5, 5.41) is 0. The minimum Gasteiger partial charge on any atom is -0.493 e. The first-order valence-corrected chi connectivity index (χ1v) is 7.62. The predicted molar refractivity (Wildman–Crippen MR) is 77.5 cm³/mol. The van der Waals surface area contributed by atoms with Gasteiger partial charge in [0.25, 0.3) is 0 Å². The Balaban J connectivity index is 1.80. The zero-order valence-electron chi connectivity index (χ0n) is 12.1. The molecular formula is C17H22O3. The molecule has 20 heavy (non-hydrogen) atoms. The van der Waals surface area contributed by atoms with Crippen molar-refractivity contribution in [3.05, 3.63) is 23.8 Å². The van der Waals surface area contributed by atoms with Crippen molar-refractivity contribution in [1.82, 2.24) is 0 Å². The van der Waals surface area contributed by atoms with Crippen molar-refractivity contribution in [2.45, 2.75) is 57.0 Å². The van der Waals surface area contributed by atoms with E-state index in [-0.39, 0.29) is 0 Å². The number of rotatable bonds is 4. The summed E-state index contributed by atoms with van der Waals surface area (Å²) >= 11 is 0. The summed E-state index contributed by atoms with van der Waals surface area (Å²) < 4.78 is 11.5. The van der Waals surface area contributed by atoms with Crippen LogP contribution in [-0.2, 0) is 4.79 Å². The number of ketones is 1. The number of ether oxygens (including phenoxy) is 2.